The predicted molar refractivity (Wildman–Crippen MR) is 73.7 cm³/mol. The van der Waals surface area contributed by atoms with E-state index in [-0.39, 0.29) is 24.6 Å². The summed E-state index contributed by atoms with van der Waals surface area (Å²) in [6, 6.07) is 2.87. The van der Waals surface area contributed by atoms with Crippen molar-refractivity contribution in [2.45, 2.75) is 25.8 Å². The summed E-state index contributed by atoms with van der Waals surface area (Å²) < 4.78 is 1.31. The number of nitrogen functional groups attached to an aromatic ring is 1. The average molecular weight is 267 g/mol. The summed E-state index contributed by atoms with van der Waals surface area (Å²) >= 11 is 0. The third-order valence-electron chi connectivity index (χ3n) is 2.89. The number of hydrogen-bond donors (Lipinski definition) is 2. The van der Waals surface area contributed by atoms with E-state index in [0.29, 0.717) is 12.2 Å². The highest BCUT2D eigenvalue weighted by Gasteiger charge is 2.10. The van der Waals surface area contributed by atoms with Gasteiger partial charge in [-0.1, -0.05) is 0 Å². The van der Waals surface area contributed by atoms with Crippen molar-refractivity contribution in [1.82, 2.24) is 9.47 Å². The Morgan fingerprint density at radius 3 is 2.79 bits per heavy atom. The van der Waals surface area contributed by atoms with E-state index in [0.717, 1.165) is 19.3 Å². The number of hydrogen-bond acceptors (Lipinski definition) is 4. The van der Waals surface area contributed by atoms with E-state index in [1.807, 2.05) is 0 Å². The number of unbranched alkanes of at least 4 members (excludes halogenated alkanes) is 2. The molecule has 1 heterocycles. The molecule has 0 unspecified atom stereocenters. The lowest BCUT2D eigenvalue weighted by molar-refractivity contribution is -0.130. The van der Waals surface area contributed by atoms with Gasteiger partial charge in [0.1, 0.15) is 6.54 Å². The Kier molecular flexibility index (Phi) is 6.08. The largest absolute Gasteiger partial charge is 0.398 e. The summed E-state index contributed by atoms with van der Waals surface area (Å²) in [6.45, 7) is 0.798. The molecule has 1 rings (SSSR count). The molecule has 0 fully saturated rings. The number of amides is 1. The molecule has 1 amide bonds. The zero-order valence-electron chi connectivity index (χ0n) is 11.2. The van der Waals surface area contributed by atoms with Crippen molar-refractivity contribution in [2.75, 3.05) is 25.9 Å². The van der Waals surface area contributed by atoms with Gasteiger partial charge in [-0.05, 0) is 25.3 Å². The number of anilines is 1. The minimum absolute atomic E-state index is 0.000370. The van der Waals surface area contributed by atoms with E-state index >= 15 is 0 Å². The number of nitrogens with zero attached hydrogens (tertiary/aromatic N) is 2. The molecule has 106 valence electrons. The first kappa shape index (κ1) is 15.2. The van der Waals surface area contributed by atoms with Crippen molar-refractivity contribution in [2.24, 2.45) is 0 Å². The maximum absolute atomic E-state index is 11.9. The smallest absolute Gasteiger partial charge is 0.251 e. The lowest BCUT2D eigenvalue weighted by Gasteiger charge is -2.17. The van der Waals surface area contributed by atoms with Crippen LogP contribution in [0.1, 0.15) is 19.3 Å². The summed E-state index contributed by atoms with van der Waals surface area (Å²) in [4.78, 5) is 25.0. The van der Waals surface area contributed by atoms with Crippen LogP contribution in [0.25, 0.3) is 0 Å². The number of rotatable bonds is 7. The highest BCUT2D eigenvalue weighted by molar-refractivity contribution is 5.75. The van der Waals surface area contributed by atoms with Crippen LogP contribution in [0.15, 0.2) is 23.1 Å². The van der Waals surface area contributed by atoms with E-state index in [9.17, 15) is 9.59 Å². The number of aliphatic hydroxyl groups is 1. The van der Waals surface area contributed by atoms with E-state index in [1.165, 1.54) is 22.9 Å². The molecule has 0 saturated carbocycles. The SMILES string of the molecule is CN(CCCCCO)C(=O)Cn1cc(N)ccc1=O. The first-order valence-corrected chi connectivity index (χ1v) is 6.35. The summed E-state index contributed by atoms with van der Waals surface area (Å²) in [5.41, 5.74) is 5.80. The van der Waals surface area contributed by atoms with Crippen molar-refractivity contribution in [3.63, 3.8) is 0 Å². The minimum atomic E-state index is -0.240. The molecular weight excluding hydrogens is 246 g/mol. The first-order chi connectivity index (χ1) is 9.04. The van der Waals surface area contributed by atoms with Crippen LogP contribution in [0.5, 0.6) is 0 Å². The molecule has 0 aliphatic carbocycles. The van der Waals surface area contributed by atoms with Crippen LogP contribution < -0.4 is 11.3 Å². The topological polar surface area (TPSA) is 88.6 Å². The van der Waals surface area contributed by atoms with Crippen LogP contribution in [-0.4, -0.2) is 40.7 Å². The Bertz CT molecular complexity index is 470. The van der Waals surface area contributed by atoms with E-state index in [4.69, 9.17) is 10.8 Å². The van der Waals surface area contributed by atoms with Gasteiger partial charge in [0.05, 0.1) is 0 Å². The third-order valence-corrected chi connectivity index (χ3v) is 2.89. The van der Waals surface area contributed by atoms with Crippen molar-refractivity contribution >= 4 is 11.6 Å². The molecule has 0 atom stereocenters. The van der Waals surface area contributed by atoms with Gasteiger partial charge in [-0.2, -0.15) is 0 Å². The number of aliphatic hydroxyl groups excluding tert-OH is 1. The van der Waals surface area contributed by atoms with Crippen LogP contribution >= 0.6 is 0 Å². The summed E-state index contributed by atoms with van der Waals surface area (Å²) in [7, 11) is 1.71. The quantitative estimate of drug-likeness (QED) is 0.683. The summed E-state index contributed by atoms with van der Waals surface area (Å²) in [5, 5.41) is 8.66. The summed E-state index contributed by atoms with van der Waals surface area (Å²) in [5.74, 6) is -0.128. The number of carbonyl (C=O) groups is 1. The van der Waals surface area contributed by atoms with Crippen LogP contribution in [0.2, 0.25) is 0 Å². The third kappa shape index (κ3) is 5.13. The normalized spacial score (nSPS) is 10.4. The number of pyridine rings is 1. The van der Waals surface area contributed by atoms with E-state index < -0.39 is 0 Å². The Morgan fingerprint density at radius 1 is 1.37 bits per heavy atom. The summed E-state index contributed by atoms with van der Waals surface area (Å²) in [6.07, 6.45) is 3.94. The fraction of sp³-hybridized carbons (Fsp3) is 0.538. The molecule has 0 aliphatic rings. The maximum Gasteiger partial charge on any atom is 0.251 e. The first-order valence-electron chi connectivity index (χ1n) is 6.35. The number of aromatic nitrogens is 1. The highest BCUT2D eigenvalue weighted by atomic mass is 16.3. The lowest BCUT2D eigenvalue weighted by Crippen LogP contribution is -2.34. The molecule has 6 heteroatoms. The molecule has 0 bridgehead atoms. The molecule has 0 saturated heterocycles. The Morgan fingerprint density at radius 2 is 2.11 bits per heavy atom. The Hall–Kier alpha value is -1.82. The fourth-order valence-corrected chi connectivity index (χ4v) is 1.70. The second-order valence-corrected chi connectivity index (χ2v) is 4.53. The van der Waals surface area contributed by atoms with Gasteiger partial charge in [0.2, 0.25) is 5.91 Å². The molecule has 19 heavy (non-hydrogen) atoms. The molecule has 0 spiro atoms. The average Bonchev–Trinajstić information content (AvgIpc) is 2.38. The zero-order chi connectivity index (χ0) is 14.3. The molecule has 3 N–H and O–H groups in total. The zero-order valence-corrected chi connectivity index (χ0v) is 11.2. The van der Waals surface area contributed by atoms with Gasteiger partial charge in [0.25, 0.3) is 5.56 Å². The monoisotopic (exact) mass is 267 g/mol. The van der Waals surface area contributed by atoms with Gasteiger partial charge >= 0.3 is 0 Å². The molecule has 1 aromatic heterocycles. The van der Waals surface area contributed by atoms with Crippen LogP contribution in [0.3, 0.4) is 0 Å². The van der Waals surface area contributed by atoms with Crippen LogP contribution in [0.4, 0.5) is 5.69 Å². The van der Waals surface area contributed by atoms with Gasteiger partial charge in [-0.15, -0.1) is 0 Å². The molecule has 0 aliphatic heterocycles. The van der Waals surface area contributed by atoms with Gasteiger partial charge in [0, 0.05) is 38.1 Å². The second-order valence-electron chi connectivity index (χ2n) is 4.53. The van der Waals surface area contributed by atoms with Crippen LogP contribution in [0, 0.1) is 0 Å². The second kappa shape index (κ2) is 7.58. The van der Waals surface area contributed by atoms with Crippen molar-refractivity contribution < 1.29 is 9.90 Å². The van der Waals surface area contributed by atoms with Gasteiger partial charge in [0.15, 0.2) is 0 Å². The Balaban J connectivity index is 2.49. The molecule has 1 aromatic rings. The fourth-order valence-electron chi connectivity index (χ4n) is 1.70. The lowest BCUT2D eigenvalue weighted by atomic mass is 10.2. The predicted octanol–water partition coefficient (Wildman–Crippen LogP) is 0.0515. The van der Waals surface area contributed by atoms with Gasteiger partial charge in [-0.25, -0.2) is 0 Å². The van der Waals surface area contributed by atoms with Crippen LogP contribution in [-0.2, 0) is 11.3 Å². The standard InChI is InChI=1S/C13H21N3O3/c1-15(7-3-2-4-8-17)13(19)10-16-9-11(14)5-6-12(16)18/h5-6,9,17H,2-4,7-8,10,14H2,1H3. The number of likely N-dealkylation sites (N-methyl/N-ethyl adjacent to an activating group) is 1. The molecular formula is C13H21N3O3. The van der Waals surface area contributed by atoms with E-state index in [1.54, 1.807) is 11.9 Å². The molecule has 0 aromatic carbocycles. The highest BCUT2D eigenvalue weighted by Crippen LogP contribution is 2.00. The van der Waals surface area contributed by atoms with Crippen molar-refractivity contribution in [1.29, 1.82) is 0 Å². The maximum atomic E-state index is 11.9. The van der Waals surface area contributed by atoms with Gasteiger partial charge in [-0.3, -0.25) is 9.59 Å². The van der Waals surface area contributed by atoms with E-state index in [2.05, 4.69) is 0 Å². The van der Waals surface area contributed by atoms with Crippen molar-refractivity contribution in [3.8, 4) is 0 Å². The Labute approximate surface area is 112 Å². The molecule has 6 nitrogen and oxygen atoms in total. The molecule has 0 radical (unpaired) electrons. The minimum Gasteiger partial charge on any atom is -0.398 e. The van der Waals surface area contributed by atoms with Gasteiger partial charge < -0.3 is 20.3 Å². The number of nitrogens with two attached hydrogens (primary N) is 1. The number of carbonyl (C=O) groups excluding carboxylic acids is 1. The van der Waals surface area contributed by atoms with Crippen molar-refractivity contribution in [3.05, 3.63) is 28.7 Å².